The van der Waals surface area contributed by atoms with Crippen molar-refractivity contribution in [3.05, 3.63) is 5.01 Å². The second kappa shape index (κ2) is 7.57. The molecule has 2 unspecified atom stereocenters. The first kappa shape index (κ1) is 15.2. The summed E-state index contributed by atoms with van der Waals surface area (Å²) in [6.07, 6.45) is 6.15. The van der Waals surface area contributed by atoms with Crippen LogP contribution < -0.4 is 10.6 Å². The second-order valence-corrected chi connectivity index (χ2v) is 6.55. The number of hydrogen-bond acceptors (Lipinski definition) is 5. The molecule has 2 atom stereocenters. The Morgan fingerprint density at radius 3 is 2.90 bits per heavy atom. The summed E-state index contributed by atoms with van der Waals surface area (Å²) in [5.41, 5.74) is 0. The number of amides is 1. The molecule has 0 aliphatic heterocycles. The van der Waals surface area contributed by atoms with Crippen LogP contribution in [0.1, 0.15) is 55.8 Å². The largest absolute Gasteiger partial charge is 0.360 e. The molecular weight excluding hydrogens is 272 g/mol. The number of aromatic nitrogens is 2. The Bertz CT molecular complexity index is 435. The first-order valence-corrected chi connectivity index (χ1v) is 8.38. The van der Waals surface area contributed by atoms with E-state index in [1.165, 1.54) is 37.0 Å². The fraction of sp³-hybridized carbons (Fsp3) is 0.786. The van der Waals surface area contributed by atoms with Crippen molar-refractivity contribution in [2.75, 3.05) is 18.4 Å². The minimum atomic E-state index is -0.0928. The van der Waals surface area contributed by atoms with Crippen LogP contribution in [0.2, 0.25) is 0 Å². The topological polar surface area (TPSA) is 66.9 Å². The number of hydrogen-bond donors (Lipinski definition) is 2. The fourth-order valence-electron chi connectivity index (χ4n) is 2.61. The van der Waals surface area contributed by atoms with Gasteiger partial charge in [0.2, 0.25) is 10.1 Å². The maximum Gasteiger partial charge on any atom is 0.282 e. The molecule has 5 nitrogen and oxygen atoms in total. The second-order valence-electron chi connectivity index (χ2n) is 5.57. The van der Waals surface area contributed by atoms with Crippen LogP contribution in [0.25, 0.3) is 0 Å². The molecule has 1 aromatic rings. The summed E-state index contributed by atoms with van der Waals surface area (Å²) in [6, 6.07) is 0. The lowest BCUT2D eigenvalue weighted by Gasteiger charge is -2.28. The van der Waals surface area contributed by atoms with Crippen LogP contribution in [0, 0.1) is 11.8 Å². The van der Waals surface area contributed by atoms with Crippen molar-refractivity contribution < 1.29 is 4.79 Å². The van der Waals surface area contributed by atoms with E-state index in [2.05, 4.69) is 34.7 Å². The molecule has 1 aliphatic rings. The van der Waals surface area contributed by atoms with Crippen LogP contribution in [-0.4, -0.2) is 29.2 Å². The van der Waals surface area contributed by atoms with Gasteiger partial charge in [-0.3, -0.25) is 4.79 Å². The molecule has 2 N–H and O–H groups in total. The Balaban J connectivity index is 1.80. The highest BCUT2D eigenvalue weighted by Gasteiger charge is 2.22. The zero-order valence-electron chi connectivity index (χ0n) is 12.3. The van der Waals surface area contributed by atoms with Gasteiger partial charge in [-0.25, -0.2) is 0 Å². The van der Waals surface area contributed by atoms with Gasteiger partial charge in [0.15, 0.2) is 0 Å². The van der Waals surface area contributed by atoms with E-state index in [0.29, 0.717) is 16.8 Å². The predicted molar refractivity (Wildman–Crippen MR) is 82.1 cm³/mol. The average Bonchev–Trinajstić information content (AvgIpc) is 2.93. The summed E-state index contributed by atoms with van der Waals surface area (Å²) < 4.78 is 0. The van der Waals surface area contributed by atoms with Crippen LogP contribution >= 0.6 is 11.3 Å². The molecule has 1 fully saturated rings. The molecule has 2 rings (SSSR count). The predicted octanol–water partition coefficient (Wildman–Crippen LogP) is 2.92. The summed E-state index contributed by atoms with van der Waals surface area (Å²) in [5, 5.41) is 15.3. The SMILES string of the molecule is CCCNc1nnc(C(=O)NCC2CCCCC2C)s1. The molecule has 1 heterocycles. The van der Waals surface area contributed by atoms with Crippen LogP contribution in [0.15, 0.2) is 0 Å². The van der Waals surface area contributed by atoms with E-state index in [1.54, 1.807) is 0 Å². The third-order valence-electron chi connectivity index (χ3n) is 3.96. The summed E-state index contributed by atoms with van der Waals surface area (Å²) in [7, 11) is 0. The van der Waals surface area contributed by atoms with Gasteiger partial charge >= 0.3 is 0 Å². The van der Waals surface area contributed by atoms with Gasteiger partial charge in [-0.15, -0.1) is 10.2 Å². The number of carbonyl (C=O) groups excluding carboxylic acids is 1. The molecule has 1 aromatic heterocycles. The maximum absolute atomic E-state index is 12.1. The van der Waals surface area contributed by atoms with E-state index in [0.717, 1.165) is 24.6 Å². The first-order chi connectivity index (χ1) is 9.70. The average molecular weight is 296 g/mol. The molecule has 1 aliphatic carbocycles. The minimum absolute atomic E-state index is 0.0928. The summed E-state index contributed by atoms with van der Waals surface area (Å²) in [5.74, 6) is 1.23. The molecule has 6 heteroatoms. The molecule has 20 heavy (non-hydrogen) atoms. The van der Waals surface area contributed by atoms with Crippen LogP contribution in [0.4, 0.5) is 5.13 Å². The molecule has 0 radical (unpaired) electrons. The third-order valence-corrected chi connectivity index (χ3v) is 4.84. The van der Waals surface area contributed by atoms with Gasteiger partial charge in [0, 0.05) is 13.1 Å². The highest BCUT2D eigenvalue weighted by Crippen LogP contribution is 2.29. The van der Waals surface area contributed by atoms with E-state index < -0.39 is 0 Å². The zero-order valence-corrected chi connectivity index (χ0v) is 13.1. The van der Waals surface area contributed by atoms with E-state index in [1.807, 2.05) is 0 Å². The van der Waals surface area contributed by atoms with Crippen molar-refractivity contribution in [3.63, 3.8) is 0 Å². The lowest BCUT2D eigenvalue weighted by Crippen LogP contribution is -2.33. The van der Waals surface area contributed by atoms with Crippen LogP contribution in [0.5, 0.6) is 0 Å². The standard InChI is InChI=1S/C14H24N4OS/c1-3-8-15-14-18-17-13(20-14)12(19)16-9-11-7-5-4-6-10(11)2/h10-11H,3-9H2,1-2H3,(H,15,18)(H,16,19). The smallest absolute Gasteiger partial charge is 0.282 e. The molecule has 1 saturated carbocycles. The Morgan fingerprint density at radius 2 is 2.15 bits per heavy atom. The van der Waals surface area contributed by atoms with Crippen molar-refractivity contribution in [2.24, 2.45) is 11.8 Å². The summed E-state index contributed by atoms with van der Waals surface area (Å²) in [6.45, 7) is 5.99. The van der Waals surface area contributed by atoms with Gasteiger partial charge < -0.3 is 10.6 Å². The van der Waals surface area contributed by atoms with Gasteiger partial charge in [-0.2, -0.15) is 0 Å². The lowest BCUT2D eigenvalue weighted by atomic mass is 9.80. The quantitative estimate of drug-likeness (QED) is 0.847. The molecule has 0 bridgehead atoms. The van der Waals surface area contributed by atoms with Crippen molar-refractivity contribution in [1.82, 2.24) is 15.5 Å². The molecule has 0 saturated heterocycles. The zero-order chi connectivity index (χ0) is 14.4. The molecule has 1 amide bonds. The molecule has 112 valence electrons. The summed E-state index contributed by atoms with van der Waals surface area (Å²) in [4.78, 5) is 12.1. The van der Waals surface area contributed by atoms with Crippen molar-refractivity contribution in [1.29, 1.82) is 0 Å². The Hall–Kier alpha value is -1.17. The Labute approximate surface area is 124 Å². The van der Waals surface area contributed by atoms with Crippen molar-refractivity contribution >= 4 is 22.4 Å². The fourth-order valence-corrected chi connectivity index (χ4v) is 3.30. The van der Waals surface area contributed by atoms with Crippen LogP contribution in [-0.2, 0) is 0 Å². The maximum atomic E-state index is 12.1. The number of rotatable bonds is 6. The van der Waals surface area contributed by atoms with Crippen LogP contribution in [0.3, 0.4) is 0 Å². The Morgan fingerprint density at radius 1 is 1.35 bits per heavy atom. The van der Waals surface area contributed by atoms with Crippen molar-refractivity contribution in [2.45, 2.75) is 46.0 Å². The number of nitrogens with zero attached hydrogens (tertiary/aromatic N) is 2. The van der Waals surface area contributed by atoms with Gasteiger partial charge in [-0.05, 0) is 24.7 Å². The van der Waals surface area contributed by atoms with E-state index in [9.17, 15) is 4.79 Å². The van der Waals surface area contributed by atoms with E-state index >= 15 is 0 Å². The number of nitrogens with one attached hydrogen (secondary N) is 2. The van der Waals surface area contributed by atoms with Gasteiger partial charge in [0.1, 0.15) is 0 Å². The van der Waals surface area contributed by atoms with Crippen molar-refractivity contribution in [3.8, 4) is 0 Å². The molecular formula is C14H24N4OS. The minimum Gasteiger partial charge on any atom is -0.360 e. The monoisotopic (exact) mass is 296 g/mol. The highest BCUT2D eigenvalue weighted by molar-refractivity contribution is 7.17. The molecule has 0 spiro atoms. The lowest BCUT2D eigenvalue weighted by molar-refractivity contribution is 0.0935. The van der Waals surface area contributed by atoms with Gasteiger partial charge in [0.25, 0.3) is 5.91 Å². The van der Waals surface area contributed by atoms with E-state index in [4.69, 9.17) is 0 Å². The summed E-state index contributed by atoms with van der Waals surface area (Å²) >= 11 is 1.32. The van der Waals surface area contributed by atoms with Gasteiger partial charge in [0.05, 0.1) is 0 Å². The molecule has 0 aromatic carbocycles. The normalized spacial score (nSPS) is 22.5. The number of carbonyl (C=O) groups is 1. The third kappa shape index (κ3) is 4.16. The highest BCUT2D eigenvalue weighted by atomic mass is 32.1. The number of anilines is 1. The first-order valence-electron chi connectivity index (χ1n) is 7.56. The van der Waals surface area contributed by atoms with E-state index in [-0.39, 0.29) is 5.91 Å². The van der Waals surface area contributed by atoms with Gasteiger partial charge in [-0.1, -0.05) is 44.4 Å². The Kier molecular flexibility index (Phi) is 5.76.